The molecule has 0 aromatic carbocycles. The van der Waals surface area contributed by atoms with E-state index in [-0.39, 0.29) is 21.9 Å². The first kappa shape index (κ1) is 18.0. The maximum Gasteiger partial charge on any atom is 0.417 e. The van der Waals surface area contributed by atoms with E-state index in [1.807, 2.05) is 13.8 Å². The van der Waals surface area contributed by atoms with Crippen LogP contribution in [0.4, 0.5) is 13.2 Å². The van der Waals surface area contributed by atoms with Crippen LogP contribution in [0.5, 0.6) is 0 Å². The molecular formula is C16H18BrF3N2O. The largest absolute Gasteiger partial charge is 0.417 e. The van der Waals surface area contributed by atoms with Gasteiger partial charge in [-0.1, -0.05) is 26.7 Å². The highest BCUT2D eigenvalue weighted by Crippen LogP contribution is 2.33. The van der Waals surface area contributed by atoms with Crippen LogP contribution in [0.2, 0.25) is 0 Å². The van der Waals surface area contributed by atoms with E-state index in [2.05, 4.69) is 20.9 Å². The van der Waals surface area contributed by atoms with E-state index in [1.54, 1.807) is 0 Å². The van der Waals surface area contributed by atoms with Gasteiger partial charge >= 0.3 is 6.18 Å². The fraction of sp³-hybridized carbons (Fsp3) is 0.500. The normalized spacial score (nSPS) is 13.5. The van der Waals surface area contributed by atoms with Gasteiger partial charge in [0.25, 0.3) is 0 Å². The van der Waals surface area contributed by atoms with Crippen molar-refractivity contribution in [2.75, 3.05) is 0 Å². The quantitative estimate of drug-likeness (QED) is 0.609. The zero-order valence-electron chi connectivity index (χ0n) is 13.0. The Hall–Kier alpha value is -1.37. The van der Waals surface area contributed by atoms with Crippen molar-refractivity contribution in [2.45, 2.75) is 45.7 Å². The maximum absolute atomic E-state index is 13.0. The van der Waals surface area contributed by atoms with Gasteiger partial charge in [0.15, 0.2) is 11.4 Å². The number of Topliss-reactive ketones (excluding diaryl/α,β-unsaturated/α-hetero) is 1. The van der Waals surface area contributed by atoms with Crippen molar-refractivity contribution in [1.82, 2.24) is 9.38 Å². The first-order chi connectivity index (χ1) is 10.8. The average Bonchev–Trinajstić information content (AvgIpc) is 2.91. The van der Waals surface area contributed by atoms with Crippen LogP contribution in [0.1, 0.15) is 55.6 Å². The molecule has 7 heteroatoms. The summed E-state index contributed by atoms with van der Waals surface area (Å²) in [7, 11) is 0. The topological polar surface area (TPSA) is 34.4 Å². The molecule has 0 N–H and O–H groups in total. The molecule has 23 heavy (non-hydrogen) atoms. The fourth-order valence-corrected chi connectivity index (χ4v) is 3.10. The molecule has 0 saturated heterocycles. The molecule has 2 aromatic heterocycles. The maximum atomic E-state index is 13.0. The van der Waals surface area contributed by atoms with Crippen molar-refractivity contribution in [2.24, 2.45) is 5.92 Å². The average molecular weight is 391 g/mol. The fourth-order valence-electron chi connectivity index (χ4n) is 2.56. The highest BCUT2D eigenvalue weighted by atomic mass is 79.9. The van der Waals surface area contributed by atoms with Gasteiger partial charge in [0, 0.05) is 12.1 Å². The Balaban J connectivity index is 2.49. The molecule has 2 rings (SSSR count). The lowest BCUT2D eigenvalue weighted by atomic mass is 9.93. The predicted octanol–water partition coefficient (Wildman–Crippen LogP) is 5.51. The van der Waals surface area contributed by atoms with Crippen molar-refractivity contribution in [3.05, 3.63) is 34.2 Å². The third kappa shape index (κ3) is 3.76. The van der Waals surface area contributed by atoms with Crippen LogP contribution in [0.25, 0.3) is 5.65 Å². The van der Waals surface area contributed by atoms with E-state index in [4.69, 9.17) is 0 Å². The Bertz CT molecular complexity index is 709. The highest BCUT2D eigenvalue weighted by molar-refractivity contribution is 9.10. The Kier molecular flexibility index (Phi) is 5.49. The number of aromatic nitrogens is 2. The molecule has 0 saturated carbocycles. The second kappa shape index (κ2) is 7.03. The van der Waals surface area contributed by atoms with E-state index in [9.17, 15) is 18.0 Å². The summed E-state index contributed by atoms with van der Waals surface area (Å²) in [5.74, 6) is -0.345. The van der Waals surface area contributed by atoms with Crippen molar-refractivity contribution >= 4 is 27.4 Å². The molecule has 1 unspecified atom stereocenters. The Labute approximate surface area is 141 Å². The second-order valence-corrected chi connectivity index (χ2v) is 6.38. The molecular weight excluding hydrogens is 373 g/mol. The minimum absolute atomic E-state index is 0.153. The van der Waals surface area contributed by atoms with Gasteiger partial charge in [0.1, 0.15) is 5.69 Å². The minimum Gasteiger partial charge on any atom is -0.295 e. The van der Waals surface area contributed by atoms with E-state index >= 15 is 0 Å². The molecule has 126 valence electrons. The summed E-state index contributed by atoms with van der Waals surface area (Å²) >= 11 is 3.10. The highest BCUT2D eigenvalue weighted by Gasteiger charge is 2.32. The predicted molar refractivity (Wildman–Crippen MR) is 85.5 cm³/mol. The van der Waals surface area contributed by atoms with Gasteiger partial charge in [0.05, 0.1) is 16.2 Å². The molecule has 2 aromatic rings. The molecule has 0 aliphatic carbocycles. The summed E-state index contributed by atoms with van der Waals surface area (Å²) in [5, 5.41) is 0. The van der Waals surface area contributed by atoms with Crippen molar-refractivity contribution < 1.29 is 18.0 Å². The lowest BCUT2D eigenvalue weighted by Gasteiger charge is -2.14. The third-order valence-electron chi connectivity index (χ3n) is 3.91. The lowest BCUT2D eigenvalue weighted by molar-refractivity contribution is -0.137. The molecule has 0 amide bonds. The van der Waals surface area contributed by atoms with Gasteiger partial charge in [-0.2, -0.15) is 13.2 Å². The summed E-state index contributed by atoms with van der Waals surface area (Å²) in [6.07, 6.45) is 1.10. The zero-order chi connectivity index (χ0) is 17.2. The van der Waals surface area contributed by atoms with Gasteiger partial charge in [0.2, 0.25) is 0 Å². The Morgan fingerprint density at radius 1 is 1.39 bits per heavy atom. The number of imidazole rings is 1. The van der Waals surface area contributed by atoms with E-state index in [0.717, 1.165) is 31.5 Å². The Morgan fingerprint density at radius 3 is 2.65 bits per heavy atom. The van der Waals surface area contributed by atoms with Crippen LogP contribution >= 0.6 is 15.9 Å². The molecule has 0 aliphatic heterocycles. The number of hydrogen-bond donors (Lipinski definition) is 0. The summed E-state index contributed by atoms with van der Waals surface area (Å²) in [6, 6.07) is 0.977. The molecule has 0 radical (unpaired) electrons. The van der Waals surface area contributed by atoms with Crippen molar-refractivity contribution in [3.63, 3.8) is 0 Å². The van der Waals surface area contributed by atoms with Gasteiger partial charge < -0.3 is 0 Å². The SMILES string of the molecule is CCCCC(CC)C(=O)c1cnc2c(Br)cc(C(F)(F)F)cn12. The van der Waals surface area contributed by atoms with Crippen molar-refractivity contribution in [1.29, 1.82) is 0 Å². The van der Waals surface area contributed by atoms with E-state index in [1.165, 1.54) is 10.6 Å². The number of ketones is 1. The lowest BCUT2D eigenvalue weighted by Crippen LogP contribution is -2.17. The first-order valence-corrected chi connectivity index (χ1v) is 8.36. The number of halogens is 4. The standard InChI is InChI=1S/C16H18BrF3N2O/c1-3-5-6-10(4-2)14(23)13-8-21-15-12(17)7-11(9-22(13)15)16(18,19)20/h7-10H,3-6H2,1-2H3. The van der Waals surface area contributed by atoms with Crippen LogP contribution in [-0.2, 0) is 6.18 Å². The van der Waals surface area contributed by atoms with Crippen molar-refractivity contribution in [3.8, 4) is 0 Å². The van der Waals surface area contributed by atoms with Crippen LogP contribution in [0.3, 0.4) is 0 Å². The molecule has 0 fully saturated rings. The molecule has 0 aliphatic rings. The number of fused-ring (bicyclic) bond motifs is 1. The Morgan fingerprint density at radius 2 is 2.09 bits per heavy atom. The van der Waals surface area contributed by atoms with E-state index < -0.39 is 11.7 Å². The van der Waals surface area contributed by atoms with Crippen LogP contribution < -0.4 is 0 Å². The van der Waals surface area contributed by atoms with Crippen LogP contribution in [0.15, 0.2) is 22.9 Å². The van der Waals surface area contributed by atoms with Crippen LogP contribution in [-0.4, -0.2) is 15.2 Å². The molecule has 0 bridgehead atoms. The van der Waals surface area contributed by atoms with Gasteiger partial charge in [-0.05, 0) is 34.8 Å². The summed E-state index contributed by atoms with van der Waals surface area (Å²) < 4.78 is 40.4. The zero-order valence-corrected chi connectivity index (χ0v) is 14.5. The number of rotatable bonds is 6. The van der Waals surface area contributed by atoms with Gasteiger partial charge in [-0.25, -0.2) is 4.98 Å². The number of hydrogen-bond acceptors (Lipinski definition) is 2. The number of carbonyl (C=O) groups is 1. The molecule has 3 nitrogen and oxygen atoms in total. The number of carbonyl (C=O) groups excluding carboxylic acids is 1. The number of nitrogens with zero attached hydrogens (tertiary/aromatic N) is 2. The number of alkyl halides is 3. The first-order valence-electron chi connectivity index (χ1n) is 7.57. The molecule has 1 atom stereocenters. The number of unbranched alkanes of at least 4 members (excludes halogenated alkanes) is 1. The van der Waals surface area contributed by atoms with Gasteiger partial charge in [-0.3, -0.25) is 9.20 Å². The van der Waals surface area contributed by atoms with Crippen LogP contribution in [0, 0.1) is 5.92 Å². The molecule has 2 heterocycles. The number of pyridine rings is 1. The molecule has 0 spiro atoms. The minimum atomic E-state index is -4.48. The smallest absolute Gasteiger partial charge is 0.295 e. The van der Waals surface area contributed by atoms with E-state index in [0.29, 0.717) is 12.1 Å². The summed E-state index contributed by atoms with van der Waals surface area (Å²) in [4.78, 5) is 16.8. The van der Waals surface area contributed by atoms with Gasteiger partial charge in [-0.15, -0.1) is 0 Å². The summed E-state index contributed by atoms with van der Waals surface area (Å²) in [6.45, 7) is 3.96. The summed E-state index contributed by atoms with van der Waals surface area (Å²) in [5.41, 5.74) is -0.299. The third-order valence-corrected chi connectivity index (χ3v) is 4.49. The monoisotopic (exact) mass is 390 g/mol. The second-order valence-electron chi connectivity index (χ2n) is 5.52.